The Kier molecular flexibility index (Phi) is 3.99. The van der Waals surface area contributed by atoms with Crippen LogP contribution in [0.15, 0.2) is 0 Å². The van der Waals surface area contributed by atoms with Crippen LogP contribution >= 0.6 is 0 Å². The molecule has 7 heteroatoms. The minimum atomic E-state index is -0.831. The van der Waals surface area contributed by atoms with Crippen molar-refractivity contribution in [3.8, 4) is 0 Å². The topological polar surface area (TPSA) is 105 Å². The van der Waals surface area contributed by atoms with Crippen LogP contribution in [-0.2, 0) is 9.59 Å². The van der Waals surface area contributed by atoms with Gasteiger partial charge in [0.1, 0.15) is 12.1 Å². The molecule has 1 saturated heterocycles. The molecule has 2 fully saturated rings. The average molecular weight is 282 g/mol. The van der Waals surface area contributed by atoms with Crippen LogP contribution in [0.1, 0.15) is 26.7 Å². The first-order valence-corrected chi connectivity index (χ1v) is 6.99. The van der Waals surface area contributed by atoms with E-state index in [1.54, 1.807) is 6.92 Å². The maximum atomic E-state index is 12.3. The fourth-order valence-corrected chi connectivity index (χ4v) is 2.37. The molecule has 0 radical (unpaired) electrons. The van der Waals surface area contributed by atoms with Gasteiger partial charge in [0.05, 0.1) is 0 Å². The number of imide groups is 1. The summed E-state index contributed by atoms with van der Waals surface area (Å²) in [4.78, 5) is 36.9. The highest BCUT2D eigenvalue weighted by Crippen LogP contribution is 2.42. The van der Waals surface area contributed by atoms with Crippen LogP contribution in [-0.4, -0.2) is 47.9 Å². The van der Waals surface area contributed by atoms with E-state index in [1.807, 2.05) is 6.92 Å². The van der Waals surface area contributed by atoms with Crippen LogP contribution in [0.5, 0.6) is 0 Å². The van der Waals surface area contributed by atoms with Crippen molar-refractivity contribution in [1.82, 2.24) is 15.5 Å². The van der Waals surface area contributed by atoms with Crippen LogP contribution in [0.2, 0.25) is 0 Å². The molecule has 4 amide bonds. The molecule has 1 heterocycles. The Morgan fingerprint density at radius 2 is 2.20 bits per heavy atom. The Morgan fingerprint density at radius 3 is 2.75 bits per heavy atom. The number of hydrogen-bond acceptors (Lipinski definition) is 4. The molecule has 0 bridgehead atoms. The molecule has 1 aliphatic heterocycles. The highest BCUT2D eigenvalue weighted by Gasteiger charge is 2.56. The summed E-state index contributed by atoms with van der Waals surface area (Å²) in [5, 5.41) is 5.39. The summed E-state index contributed by atoms with van der Waals surface area (Å²) >= 11 is 0. The smallest absolute Gasteiger partial charge is 0.325 e. The summed E-state index contributed by atoms with van der Waals surface area (Å²) in [6, 6.07) is -0.480. The minimum Gasteiger partial charge on any atom is -0.354 e. The SMILES string of the molecule is CC(CN)CNC(=O)CN1C(=O)NC(C)(C2CC2)C1=O. The van der Waals surface area contributed by atoms with E-state index in [9.17, 15) is 14.4 Å². The average Bonchev–Trinajstić information content (AvgIpc) is 3.22. The van der Waals surface area contributed by atoms with Crippen LogP contribution < -0.4 is 16.4 Å². The molecular formula is C13H22N4O3. The van der Waals surface area contributed by atoms with Gasteiger partial charge < -0.3 is 16.4 Å². The molecule has 1 aliphatic carbocycles. The first-order chi connectivity index (χ1) is 9.38. The number of rotatable bonds is 6. The van der Waals surface area contributed by atoms with Gasteiger partial charge in [-0.1, -0.05) is 6.92 Å². The Morgan fingerprint density at radius 1 is 1.55 bits per heavy atom. The van der Waals surface area contributed by atoms with Gasteiger partial charge in [-0.15, -0.1) is 0 Å². The van der Waals surface area contributed by atoms with E-state index in [0.29, 0.717) is 13.1 Å². The zero-order valence-electron chi connectivity index (χ0n) is 11.9. The van der Waals surface area contributed by atoms with Gasteiger partial charge in [-0.2, -0.15) is 0 Å². The van der Waals surface area contributed by atoms with Gasteiger partial charge in [0.25, 0.3) is 5.91 Å². The number of nitrogens with zero attached hydrogens (tertiary/aromatic N) is 1. The highest BCUT2D eigenvalue weighted by molar-refractivity contribution is 6.09. The second-order valence-electron chi connectivity index (χ2n) is 5.94. The lowest BCUT2D eigenvalue weighted by Crippen LogP contribution is -2.47. The number of carbonyl (C=O) groups excluding carboxylic acids is 3. The van der Waals surface area contributed by atoms with Gasteiger partial charge >= 0.3 is 6.03 Å². The molecular weight excluding hydrogens is 260 g/mol. The Balaban J connectivity index is 1.91. The second kappa shape index (κ2) is 5.40. The molecule has 112 valence electrons. The predicted octanol–water partition coefficient (Wildman–Crippen LogP) is -0.582. The summed E-state index contributed by atoms with van der Waals surface area (Å²) in [6.07, 6.45) is 1.88. The number of nitrogens with one attached hydrogen (secondary N) is 2. The number of hydrogen-bond donors (Lipinski definition) is 3. The molecule has 2 unspecified atom stereocenters. The Bertz CT molecular complexity index is 435. The van der Waals surface area contributed by atoms with Gasteiger partial charge in [0.15, 0.2) is 0 Å². The molecule has 2 aliphatic rings. The van der Waals surface area contributed by atoms with E-state index < -0.39 is 11.6 Å². The van der Waals surface area contributed by atoms with Gasteiger partial charge in [-0.3, -0.25) is 14.5 Å². The standard InChI is InChI=1S/C13H22N4O3/c1-8(5-14)6-15-10(18)7-17-11(19)13(2,9-3-4-9)16-12(17)20/h8-9H,3-7,14H2,1-2H3,(H,15,18)(H,16,20). The summed E-state index contributed by atoms with van der Waals surface area (Å²) in [7, 11) is 0. The molecule has 7 nitrogen and oxygen atoms in total. The van der Waals surface area contributed by atoms with Crippen molar-refractivity contribution < 1.29 is 14.4 Å². The van der Waals surface area contributed by atoms with Crippen molar-refractivity contribution in [3.63, 3.8) is 0 Å². The van der Waals surface area contributed by atoms with Crippen molar-refractivity contribution in [3.05, 3.63) is 0 Å². The maximum Gasteiger partial charge on any atom is 0.325 e. The quantitative estimate of drug-likeness (QED) is 0.567. The Labute approximate surface area is 118 Å². The first kappa shape index (κ1) is 14.8. The van der Waals surface area contributed by atoms with Gasteiger partial charge in [-0.25, -0.2) is 4.79 Å². The number of urea groups is 1. The molecule has 0 aromatic heterocycles. The zero-order valence-corrected chi connectivity index (χ0v) is 11.9. The van der Waals surface area contributed by atoms with E-state index in [1.165, 1.54) is 0 Å². The molecule has 0 aromatic rings. The Hall–Kier alpha value is -1.63. The number of carbonyl (C=O) groups is 3. The maximum absolute atomic E-state index is 12.3. The van der Waals surface area contributed by atoms with E-state index in [4.69, 9.17) is 5.73 Å². The fourth-order valence-electron chi connectivity index (χ4n) is 2.37. The number of amides is 4. The van der Waals surface area contributed by atoms with Crippen molar-refractivity contribution in [2.75, 3.05) is 19.6 Å². The normalized spacial score (nSPS) is 27.4. The summed E-state index contributed by atoms with van der Waals surface area (Å²) in [5.41, 5.74) is 4.63. The summed E-state index contributed by atoms with van der Waals surface area (Å²) in [5.74, 6) is -0.274. The van der Waals surface area contributed by atoms with Crippen LogP contribution in [0.25, 0.3) is 0 Å². The highest BCUT2D eigenvalue weighted by atomic mass is 16.2. The third kappa shape index (κ3) is 2.77. The van der Waals surface area contributed by atoms with E-state index in [0.717, 1.165) is 17.7 Å². The van der Waals surface area contributed by atoms with E-state index in [2.05, 4.69) is 10.6 Å². The van der Waals surface area contributed by atoms with Crippen molar-refractivity contribution in [2.24, 2.45) is 17.6 Å². The first-order valence-electron chi connectivity index (χ1n) is 6.99. The largest absolute Gasteiger partial charge is 0.354 e. The molecule has 0 spiro atoms. The lowest BCUT2D eigenvalue weighted by atomic mass is 9.96. The van der Waals surface area contributed by atoms with Gasteiger partial charge in [0.2, 0.25) is 5.91 Å². The zero-order chi connectivity index (χ0) is 14.9. The second-order valence-corrected chi connectivity index (χ2v) is 5.94. The lowest BCUT2D eigenvalue weighted by Gasteiger charge is -2.20. The van der Waals surface area contributed by atoms with Crippen LogP contribution in [0.4, 0.5) is 4.79 Å². The molecule has 20 heavy (non-hydrogen) atoms. The monoisotopic (exact) mass is 282 g/mol. The lowest BCUT2D eigenvalue weighted by molar-refractivity contribution is -0.135. The minimum absolute atomic E-state index is 0.166. The van der Waals surface area contributed by atoms with Gasteiger partial charge in [0, 0.05) is 6.54 Å². The molecule has 2 atom stereocenters. The van der Waals surface area contributed by atoms with Crippen molar-refractivity contribution in [2.45, 2.75) is 32.2 Å². The molecule has 0 aromatic carbocycles. The molecule has 2 rings (SSSR count). The van der Waals surface area contributed by atoms with Crippen molar-refractivity contribution in [1.29, 1.82) is 0 Å². The van der Waals surface area contributed by atoms with Gasteiger partial charge in [-0.05, 0) is 38.1 Å². The third-order valence-corrected chi connectivity index (χ3v) is 4.05. The summed E-state index contributed by atoms with van der Waals surface area (Å²) in [6.45, 7) is 4.34. The van der Waals surface area contributed by atoms with Crippen LogP contribution in [0.3, 0.4) is 0 Å². The molecule has 1 saturated carbocycles. The van der Waals surface area contributed by atoms with Crippen LogP contribution in [0, 0.1) is 11.8 Å². The predicted molar refractivity (Wildman–Crippen MR) is 72.6 cm³/mol. The number of nitrogens with two attached hydrogens (primary N) is 1. The van der Waals surface area contributed by atoms with Crippen molar-refractivity contribution >= 4 is 17.8 Å². The third-order valence-electron chi connectivity index (χ3n) is 4.05. The fraction of sp³-hybridized carbons (Fsp3) is 0.769. The summed E-state index contributed by atoms with van der Waals surface area (Å²) < 4.78 is 0. The molecule has 4 N–H and O–H groups in total. The van der Waals surface area contributed by atoms with E-state index in [-0.39, 0.29) is 30.2 Å². The van der Waals surface area contributed by atoms with E-state index >= 15 is 0 Å².